The number of aromatic nitrogens is 4. The molecule has 0 saturated carbocycles. The minimum atomic E-state index is 0.382. The number of nitrogens with zero attached hydrogens (tertiary/aromatic N) is 4. The van der Waals surface area contributed by atoms with E-state index < -0.39 is 0 Å². The smallest absolute Gasteiger partial charge is 0.225 e. The number of nitrogens with one attached hydrogen (secondary N) is 1. The average Bonchev–Trinajstić information content (AvgIpc) is 3.16. The molecule has 4 aromatic rings. The van der Waals surface area contributed by atoms with E-state index in [9.17, 15) is 0 Å². The number of ether oxygens (including phenoxy) is 2. The number of benzene rings is 2. The van der Waals surface area contributed by atoms with Crippen molar-refractivity contribution in [2.45, 2.75) is 20.0 Å². The Bertz CT molecular complexity index is 1190. The number of hydrogen-bond donors (Lipinski definition) is 2. The van der Waals surface area contributed by atoms with Crippen molar-refractivity contribution in [1.29, 1.82) is 0 Å². The Balaban J connectivity index is 1.53. The maximum atomic E-state index is 6.16. The molecule has 0 aliphatic carbocycles. The van der Waals surface area contributed by atoms with E-state index in [2.05, 4.69) is 43.0 Å². The number of anilines is 2. The van der Waals surface area contributed by atoms with Gasteiger partial charge in [0.15, 0.2) is 11.5 Å². The van der Waals surface area contributed by atoms with Gasteiger partial charge in [0.1, 0.15) is 11.6 Å². The Morgan fingerprint density at radius 2 is 1.80 bits per heavy atom. The molecule has 0 unspecified atom stereocenters. The fourth-order valence-corrected chi connectivity index (χ4v) is 3.34. The molecule has 0 atom stereocenters. The van der Waals surface area contributed by atoms with E-state index in [4.69, 9.17) is 15.2 Å². The summed E-state index contributed by atoms with van der Waals surface area (Å²) in [7, 11) is 3.17. The van der Waals surface area contributed by atoms with Crippen LogP contribution in [-0.4, -0.2) is 33.7 Å². The third kappa shape index (κ3) is 3.98. The van der Waals surface area contributed by atoms with Gasteiger partial charge in [-0.15, -0.1) is 0 Å². The molecule has 154 valence electrons. The Morgan fingerprint density at radius 3 is 2.53 bits per heavy atom. The summed E-state index contributed by atoms with van der Waals surface area (Å²) in [6, 6.07) is 12.0. The third-order valence-electron chi connectivity index (χ3n) is 4.95. The van der Waals surface area contributed by atoms with Crippen LogP contribution >= 0.6 is 0 Å². The number of fused-ring (bicyclic) bond motifs is 1. The van der Waals surface area contributed by atoms with E-state index in [-0.39, 0.29) is 0 Å². The lowest BCUT2D eigenvalue weighted by atomic mass is 10.1. The minimum Gasteiger partial charge on any atom is -0.493 e. The van der Waals surface area contributed by atoms with Crippen LogP contribution in [0.5, 0.6) is 11.5 Å². The number of rotatable bonds is 7. The largest absolute Gasteiger partial charge is 0.493 e. The standard InChI is InChI=1S/C22H24N6O2/c1-14-24-7-8-28(14)13-16-6-4-5-15(9-16)12-25-22-26-18-11-20(30-3)19(29-2)10-17(18)21(23)27-22/h4-11H,12-13H2,1-3H3,(H3,23,25,26,27). The Morgan fingerprint density at radius 1 is 1.03 bits per heavy atom. The molecule has 0 aliphatic rings. The first-order chi connectivity index (χ1) is 14.6. The number of nitrogen functional groups attached to an aromatic ring is 1. The lowest BCUT2D eigenvalue weighted by Gasteiger charge is -2.12. The second-order valence-electron chi connectivity index (χ2n) is 6.93. The molecule has 0 amide bonds. The molecule has 4 rings (SSSR count). The second-order valence-corrected chi connectivity index (χ2v) is 6.93. The molecule has 2 heterocycles. The van der Waals surface area contributed by atoms with E-state index >= 15 is 0 Å². The summed E-state index contributed by atoms with van der Waals surface area (Å²) in [4.78, 5) is 13.2. The quantitative estimate of drug-likeness (QED) is 0.487. The Hall–Kier alpha value is -3.81. The molecule has 3 N–H and O–H groups in total. The molecule has 2 aromatic heterocycles. The molecule has 8 heteroatoms. The molecule has 30 heavy (non-hydrogen) atoms. The van der Waals surface area contributed by atoms with Crippen LogP contribution in [0.25, 0.3) is 10.9 Å². The fraction of sp³-hybridized carbons (Fsp3) is 0.227. The summed E-state index contributed by atoms with van der Waals surface area (Å²) in [5.74, 6) is 3.02. The molecule has 0 fully saturated rings. The Kier molecular flexibility index (Phi) is 5.38. The van der Waals surface area contributed by atoms with Crippen molar-refractivity contribution in [2.24, 2.45) is 0 Å². The predicted octanol–water partition coefficient (Wildman–Crippen LogP) is 3.39. The van der Waals surface area contributed by atoms with Crippen molar-refractivity contribution in [3.8, 4) is 11.5 Å². The van der Waals surface area contributed by atoms with Crippen molar-refractivity contribution in [2.75, 3.05) is 25.3 Å². The minimum absolute atomic E-state index is 0.382. The van der Waals surface area contributed by atoms with Gasteiger partial charge in [0, 0.05) is 36.9 Å². The normalized spacial score (nSPS) is 10.9. The molecule has 0 spiro atoms. The van der Waals surface area contributed by atoms with E-state index in [1.165, 1.54) is 5.56 Å². The summed E-state index contributed by atoms with van der Waals surface area (Å²) in [6.45, 7) is 3.35. The summed E-state index contributed by atoms with van der Waals surface area (Å²) in [6.07, 6.45) is 3.79. The molecule has 2 aromatic carbocycles. The van der Waals surface area contributed by atoms with Crippen LogP contribution in [-0.2, 0) is 13.1 Å². The van der Waals surface area contributed by atoms with Gasteiger partial charge < -0.3 is 25.1 Å². The summed E-state index contributed by atoms with van der Waals surface area (Å²) >= 11 is 0. The maximum absolute atomic E-state index is 6.16. The molecule has 0 radical (unpaired) electrons. The molecule has 0 bridgehead atoms. The summed E-state index contributed by atoms with van der Waals surface area (Å²) in [5.41, 5.74) is 9.17. The van der Waals surface area contributed by atoms with Crippen molar-refractivity contribution < 1.29 is 9.47 Å². The van der Waals surface area contributed by atoms with Crippen molar-refractivity contribution in [1.82, 2.24) is 19.5 Å². The molecular weight excluding hydrogens is 380 g/mol. The van der Waals surface area contributed by atoms with E-state index in [1.54, 1.807) is 26.4 Å². The SMILES string of the molecule is COc1cc2nc(NCc3cccc(Cn4ccnc4C)c3)nc(N)c2cc1OC. The third-order valence-corrected chi connectivity index (χ3v) is 4.95. The van der Waals surface area contributed by atoms with Gasteiger partial charge >= 0.3 is 0 Å². The molecule has 8 nitrogen and oxygen atoms in total. The van der Waals surface area contributed by atoms with Crippen LogP contribution in [0, 0.1) is 6.92 Å². The molecule has 0 aliphatic heterocycles. The first-order valence-corrected chi connectivity index (χ1v) is 9.56. The van der Waals surface area contributed by atoms with Gasteiger partial charge in [-0.05, 0) is 24.1 Å². The van der Waals surface area contributed by atoms with E-state index in [0.29, 0.717) is 35.3 Å². The Labute approximate surface area is 174 Å². The predicted molar refractivity (Wildman–Crippen MR) is 117 cm³/mol. The van der Waals surface area contributed by atoms with Gasteiger partial charge in [0.2, 0.25) is 5.95 Å². The maximum Gasteiger partial charge on any atom is 0.225 e. The number of aryl methyl sites for hydroxylation is 1. The highest BCUT2D eigenvalue weighted by Gasteiger charge is 2.11. The lowest BCUT2D eigenvalue weighted by Crippen LogP contribution is -2.07. The number of hydrogen-bond acceptors (Lipinski definition) is 7. The van der Waals surface area contributed by atoms with Crippen LogP contribution in [0.1, 0.15) is 17.0 Å². The number of imidazole rings is 1. The van der Waals surface area contributed by atoms with Crippen LogP contribution in [0.2, 0.25) is 0 Å². The van der Waals surface area contributed by atoms with Crippen LogP contribution < -0.4 is 20.5 Å². The zero-order valence-corrected chi connectivity index (χ0v) is 17.2. The van der Waals surface area contributed by atoms with Gasteiger partial charge in [-0.1, -0.05) is 24.3 Å². The van der Waals surface area contributed by atoms with Crippen LogP contribution in [0.15, 0.2) is 48.8 Å². The first kappa shape index (κ1) is 19.5. The van der Waals surface area contributed by atoms with E-state index in [1.807, 2.05) is 25.4 Å². The lowest BCUT2D eigenvalue weighted by molar-refractivity contribution is 0.356. The number of methoxy groups -OCH3 is 2. The van der Waals surface area contributed by atoms with Gasteiger partial charge in [-0.2, -0.15) is 4.98 Å². The van der Waals surface area contributed by atoms with Gasteiger partial charge in [0.25, 0.3) is 0 Å². The van der Waals surface area contributed by atoms with Crippen molar-refractivity contribution >= 4 is 22.7 Å². The van der Waals surface area contributed by atoms with Crippen molar-refractivity contribution in [3.63, 3.8) is 0 Å². The van der Waals surface area contributed by atoms with Crippen LogP contribution in [0.4, 0.5) is 11.8 Å². The molecule has 0 saturated heterocycles. The van der Waals surface area contributed by atoms with E-state index in [0.717, 1.165) is 23.3 Å². The summed E-state index contributed by atoms with van der Waals surface area (Å²) in [5, 5.41) is 3.98. The fourth-order valence-electron chi connectivity index (χ4n) is 3.34. The highest BCUT2D eigenvalue weighted by atomic mass is 16.5. The summed E-state index contributed by atoms with van der Waals surface area (Å²) < 4.78 is 12.8. The first-order valence-electron chi connectivity index (χ1n) is 9.56. The zero-order chi connectivity index (χ0) is 21.1. The average molecular weight is 404 g/mol. The van der Waals surface area contributed by atoms with Crippen LogP contribution in [0.3, 0.4) is 0 Å². The van der Waals surface area contributed by atoms with Gasteiger partial charge in [-0.25, -0.2) is 9.97 Å². The second kappa shape index (κ2) is 8.28. The highest BCUT2D eigenvalue weighted by Crippen LogP contribution is 2.33. The number of nitrogens with two attached hydrogens (primary N) is 1. The molecular formula is C22H24N6O2. The topological polar surface area (TPSA) is 100 Å². The van der Waals surface area contributed by atoms with Crippen molar-refractivity contribution in [3.05, 3.63) is 65.7 Å². The van der Waals surface area contributed by atoms with Gasteiger partial charge in [-0.3, -0.25) is 0 Å². The monoisotopic (exact) mass is 404 g/mol. The zero-order valence-electron chi connectivity index (χ0n) is 17.2. The highest BCUT2D eigenvalue weighted by molar-refractivity contribution is 5.91. The van der Waals surface area contributed by atoms with Gasteiger partial charge in [0.05, 0.1) is 19.7 Å².